The number of nitrogens with zero attached hydrogens (tertiary/aromatic N) is 1. The molecule has 3 nitrogen and oxygen atoms in total. The van der Waals surface area contributed by atoms with Gasteiger partial charge >= 0.3 is 0 Å². The molecule has 1 heterocycles. The van der Waals surface area contributed by atoms with Gasteiger partial charge in [-0.1, -0.05) is 23.7 Å². The van der Waals surface area contributed by atoms with Crippen molar-refractivity contribution in [2.24, 2.45) is 0 Å². The number of benzene rings is 1. The monoisotopic (exact) mass is 379 g/mol. The lowest BCUT2D eigenvalue weighted by atomic mass is 10.4. The van der Waals surface area contributed by atoms with Gasteiger partial charge in [0.2, 0.25) is 10.0 Å². The van der Waals surface area contributed by atoms with Crippen LogP contribution in [-0.2, 0) is 16.6 Å². The molecule has 0 atom stereocenters. The van der Waals surface area contributed by atoms with Gasteiger partial charge in [-0.15, -0.1) is 11.3 Å². The van der Waals surface area contributed by atoms with Crippen LogP contribution < -0.4 is 0 Å². The van der Waals surface area contributed by atoms with Crippen molar-refractivity contribution in [3.8, 4) is 0 Å². The van der Waals surface area contributed by atoms with Gasteiger partial charge in [-0.3, -0.25) is 0 Å². The van der Waals surface area contributed by atoms with E-state index >= 15 is 0 Å². The fraction of sp³-hybridized carbons (Fsp3) is 0.167. The van der Waals surface area contributed by atoms with Crippen LogP contribution in [0.15, 0.2) is 45.1 Å². The standard InChI is InChI=1S/C12H11BrClNO2S2/c1-15(8-9-6-7-12(13)18-9)19(16,17)11-5-3-2-4-10(11)14/h2-7H,8H2,1H3. The summed E-state index contributed by atoms with van der Waals surface area (Å²) >= 11 is 10.8. The summed E-state index contributed by atoms with van der Waals surface area (Å²) in [7, 11) is -2.02. The molecule has 0 bridgehead atoms. The minimum atomic E-state index is -3.57. The van der Waals surface area contributed by atoms with Crippen LogP contribution in [0.1, 0.15) is 4.88 Å². The zero-order valence-corrected chi connectivity index (χ0v) is 14.0. The molecule has 19 heavy (non-hydrogen) atoms. The molecule has 0 aliphatic rings. The van der Waals surface area contributed by atoms with E-state index in [9.17, 15) is 8.42 Å². The quantitative estimate of drug-likeness (QED) is 0.804. The van der Waals surface area contributed by atoms with Gasteiger partial charge < -0.3 is 0 Å². The van der Waals surface area contributed by atoms with Crippen LogP contribution in [0, 0.1) is 0 Å². The second-order valence-electron chi connectivity index (χ2n) is 3.90. The van der Waals surface area contributed by atoms with Crippen molar-refractivity contribution >= 4 is 48.9 Å². The van der Waals surface area contributed by atoms with E-state index in [4.69, 9.17) is 11.6 Å². The molecule has 2 aromatic rings. The Balaban J connectivity index is 2.27. The third-order valence-electron chi connectivity index (χ3n) is 2.53. The minimum absolute atomic E-state index is 0.134. The Kier molecular flexibility index (Phi) is 4.68. The number of rotatable bonds is 4. The summed E-state index contributed by atoms with van der Waals surface area (Å²) in [6, 6.07) is 10.2. The Labute approximate surface area is 130 Å². The minimum Gasteiger partial charge on any atom is -0.207 e. The summed E-state index contributed by atoms with van der Waals surface area (Å²) < 4.78 is 27.1. The van der Waals surface area contributed by atoms with Crippen molar-refractivity contribution < 1.29 is 8.42 Å². The molecule has 0 unspecified atom stereocenters. The first kappa shape index (κ1) is 15.0. The predicted octanol–water partition coefficient (Wildman–Crippen LogP) is 3.98. The molecule has 0 saturated heterocycles. The Hall–Kier alpha value is -0.400. The fourth-order valence-corrected chi connectivity index (χ4v) is 4.82. The lowest BCUT2D eigenvalue weighted by Gasteiger charge is -2.17. The molecule has 0 fully saturated rings. The van der Waals surface area contributed by atoms with Crippen LogP contribution in [0.25, 0.3) is 0 Å². The normalized spacial score (nSPS) is 12.0. The maximum absolute atomic E-state index is 12.4. The van der Waals surface area contributed by atoms with E-state index in [0.717, 1.165) is 8.66 Å². The van der Waals surface area contributed by atoms with E-state index in [2.05, 4.69) is 15.9 Å². The summed E-state index contributed by atoms with van der Waals surface area (Å²) in [5.74, 6) is 0. The third kappa shape index (κ3) is 3.38. The highest BCUT2D eigenvalue weighted by atomic mass is 79.9. The molecule has 1 aromatic carbocycles. The largest absolute Gasteiger partial charge is 0.244 e. The van der Waals surface area contributed by atoms with Crippen LogP contribution >= 0.6 is 38.9 Å². The molecule has 0 spiro atoms. The molecule has 0 radical (unpaired) electrons. The first-order valence-corrected chi connectivity index (χ1v) is 8.79. The van der Waals surface area contributed by atoms with Crippen LogP contribution in [0.3, 0.4) is 0 Å². The van der Waals surface area contributed by atoms with Crippen molar-refractivity contribution in [3.63, 3.8) is 0 Å². The van der Waals surface area contributed by atoms with Gasteiger partial charge in [-0.25, -0.2) is 8.42 Å². The zero-order valence-electron chi connectivity index (χ0n) is 10.0. The SMILES string of the molecule is CN(Cc1ccc(Br)s1)S(=O)(=O)c1ccccc1Cl. The van der Waals surface area contributed by atoms with Crippen molar-refractivity contribution in [1.82, 2.24) is 4.31 Å². The molecule has 0 amide bonds. The Morgan fingerprint density at radius 2 is 1.95 bits per heavy atom. The molecule has 0 aliphatic heterocycles. The fourth-order valence-electron chi connectivity index (χ4n) is 1.56. The molecule has 102 valence electrons. The summed E-state index contributed by atoms with van der Waals surface area (Å²) in [5.41, 5.74) is 0. The average Bonchev–Trinajstić information content (AvgIpc) is 2.75. The van der Waals surface area contributed by atoms with E-state index in [1.807, 2.05) is 12.1 Å². The zero-order chi connectivity index (χ0) is 14.0. The summed E-state index contributed by atoms with van der Waals surface area (Å²) in [6.07, 6.45) is 0. The van der Waals surface area contributed by atoms with Gasteiger partial charge in [0.05, 0.1) is 8.81 Å². The van der Waals surface area contributed by atoms with Crippen molar-refractivity contribution in [1.29, 1.82) is 0 Å². The van der Waals surface area contributed by atoms with Gasteiger partial charge in [0.1, 0.15) is 4.90 Å². The van der Waals surface area contributed by atoms with Crippen molar-refractivity contribution in [2.75, 3.05) is 7.05 Å². The number of halogens is 2. The summed E-state index contributed by atoms with van der Waals surface area (Å²) in [5, 5.41) is 0.238. The van der Waals surface area contributed by atoms with Crippen LogP contribution in [0.4, 0.5) is 0 Å². The van der Waals surface area contributed by atoms with Crippen LogP contribution in [-0.4, -0.2) is 19.8 Å². The number of sulfonamides is 1. The number of thiophene rings is 1. The molecule has 0 N–H and O–H groups in total. The second-order valence-corrected chi connectivity index (χ2v) is 8.87. The van der Waals surface area contributed by atoms with Gasteiger partial charge in [-0.05, 0) is 40.2 Å². The van der Waals surface area contributed by atoms with Gasteiger partial charge in [0.15, 0.2) is 0 Å². The maximum Gasteiger partial charge on any atom is 0.244 e. The average molecular weight is 381 g/mol. The molecule has 2 rings (SSSR count). The van der Waals surface area contributed by atoms with Crippen LogP contribution in [0.2, 0.25) is 5.02 Å². The van der Waals surface area contributed by atoms with Gasteiger partial charge in [-0.2, -0.15) is 4.31 Å². The first-order valence-electron chi connectivity index (χ1n) is 5.36. The molecular weight excluding hydrogens is 370 g/mol. The maximum atomic E-state index is 12.4. The van der Waals surface area contributed by atoms with Crippen molar-refractivity contribution in [3.05, 3.63) is 50.1 Å². The van der Waals surface area contributed by atoms with E-state index in [1.54, 1.807) is 25.2 Å². The Bertz CT molecular complexity index is 685. The number of hydrogen-bond acceptors (Lipinski definition) is 3. The predicted molar refractivity (Wildman–Crippen MR) is 82.1 cm³/mol. The van der Waals surface area contributed by atoms with E-state index in [0.29, 0.717) is 6.54 Å². The number of hydrogen-bond donors (Lipinski definition) is 0. The van der Waals surface area contributed by atoms with Crippen molar-refractivity contribution in [2.45, 2.75) is 11.4 Å². The molecular formula is C12H11BrClNO2S2. The lowest BCUT2D eigenvalue weighted by molar-refractivity contribution is 0.469. The van der Waals surface area contributed by atoms with E-state index < -0.39 is 10.0 Å². The molecule has 1 aromatic heterocycles. The second kappa shape index (κ2) is 5.93. The Morgan fingerprint density at radius 3 is 2.53 bits per heavy atom. The third-order valence-corrected chi connectivity index (χ3v) is 6.44. The van der Waals surface area contributed by atoms with E-state index in [1.165, 1.54) is 21.7 Å². The highest BCUT2D eigenvalue weighted by Gasteiger charge is 2.23. The smallest absolute Gasteiger partial charge is 0.207 e. The lowest BCUT2D eigenvalue weighted by Crippen LogP contribution is -2.26. The van der Waals surface area contributed by atoms with Gasteiger partial charge in [0.25, 0.3) is 0 Å². The Morgan fingerprint density at radius 1 is 1.26 bits per heavy atom. The van der Waals surface area contributed by atoms with Gasteiger partial charge in [0, 0.05) is 18.5 Å². The van der Waals surface area contributed by atoms with E-state index in [-0.39, 0.29) is 9.92 Å². The first-order chi connectivity index (χ1) is 8.91. The molecule has 0 saturated carbocycles. The highest BCUT2D eigenvalue weighted by molar-refractivity contribution is 9.11. The molecule has 0 aliphatic carbocycles. The van der Waals surface area contributed by atoms with Crippen LogP contribution in [0.5, 0.6) is 0 Å². The summed E-state index contributed by atoms with van der Waals surface area (Å²) in [4.78, 5) is 1.10. The molecule has 7 heteroatoms. The summed E-state index contributed by atoms with van der Waals surface area (Å²) in [6.45, 7) is 0.323. The highest BCUT2D eigenvalue weighted by Crippen LogP contribution is 2.27. The topological polar surface area (TPSA) is 37.4 Å².